The maximum atomic E-state index is 5.70. The summed E-state index contributed by atoms with van der Waals surface area (Å²) in [4.78, 5) is 0. The van der Waals surface area contributed by atoms with E-state index in [9.17, 15) is 0 Å². The van der Waals surface area contributed by atoms with Gasteiger partial charge in [0.2, 0.25) is 0 Å². The second-order valence-corrected chi connectivity index (χ2v) is 3.34. The van der Waals surface area contributed by atoms with Crippen LogP contribution in [0.1, 0.15) is 12.5 Å². The van der Waals surface area contributed by atoms with E-state index >= 15 is 0 Å². The van der Waals surface area contributed by atoms with Crippen molar-refractivity contribution in [1.82, 2.24) is 5.32 Å². The highest BCUT2D eigenvalue weighted by Crippen LogP contribution is 2.31. The molecule has 0 saturated heterocycles. The quantitative estimate of drug-likeness (QED) is 0.790. The number of hydrogen-bond donors (Lipinski definition) is 1. The van der Waals surface area contributed by atoms with E-state index in [2.05, 4.69) is 18.3 Å². The van der Waals surface area contributed by atoms with Gasteiger partial charge in [0.25, 0.3) is 0 Å². The first-order valence-electron chi connectivity index (χ1n) is 4.90. The molecule has 0 bridgehead atoms. The number of nitrogens with one attached hydrogen (secondary N) is 1. The molecule has 1 aliphatic heterocycles. The Kier molecular flexibility index (Phi) is 2.59. The summed E-state index contributed by atoms with van der Waals surface area (Å²) in [6, 6.07) is 5.97. The molecule has 0 saturated carbocycles. The van der Waals surface area contributed by atoms with Gasteiger partial charge < -0.3 is 9.47 Å². The molecule has 1 atom stereocenters. The fourth-order valence-corrected chi connectivity index (χ4v) is 1.68. The van der Waals surface area contributed by atoms with Crippen LogP contribution in [-0.4, -0.2) is 19.9 Å². The standard InChI is InChI=1S/C11H15NO2/c1-3-12-11-6-8-4-5-9(13-2)7-10(8)14-11/h4-5,7,11-12H,3,6H2,1-2H3. The van der Waals surface area contributed by atoms with Crippen molar-refractivity contribution in [2.45, 2.75) is 19.6 Å². The molecule has 2 rings (SSSR count). The van der Waals surface area contributed by atoms with Crippen LogP contribution < -0.4 is 14.8 Å². The van der Waals surface area contributed by atoms with Crippen LogP contribution in [0.3, 0.4) is 0 Å². The first-order chi connectivity index (χ1) is 6.83. The van der Waals surface area contributed by atoms with Crippen molar-refractivity contribution in [1.29, 1.82) is 0 Å². The number of rotatable bonds is 3. The molecule has 3 nitrogen and oxygen atoms in total. The maximum absolute atomic E-state index is 5.70. The molecule has 1 unspecified atom stereocenters. The van der Waals surface area contributed by atoms with E-state index in [1.165, 1.54) is 5.56 Å². The first-order valence-corrected chi connectivity index (χ1v) is 4.90. The summed E-state index contributed by atoms with van der Waals surface area (Å²) < 4.78 is 10.8. The van der Waals surface area contributed by atoms with E-state index in [-0.39, 0.29) is 6.23 Å². The van der Waals surface area contributed by atoms with Gasteiger partial charge in [-0.15, -0.1) is 0 Å². The zero-order valence-electron chi connectivity index (χ0n) is 8.54. The fourth-order valence-electron chi connectivity index (χ4n) is 1.68. The minimum absolute atomic E-state index is 0.127. The van der Waals surface area contributed by atoms with Crippen LogP contribution in [-0.2, 0) is 6.42 Å². The van der Waals surface area contributed by atoms with Crippen LogP contribution in [0.5, 0.6) is 11.5 Å². The van der Waals surface area contributed by atoms with Crippen LogP contribution >= 0.6 is 0 Å². The van der Waals surface area contributed by atoms with E-state index in [0.29, 0.717) is 0 Å². The molecule has 1 N–H and O–H groups in total. The molecule has 0 aromatic heterocycles. The molecular formula is C11H15NO2. The highest BCUT2D eigenvalue weighted by atomic mass is 16.5. The second-order valence-electron chi connectivity index (χ2n) is 3.34. The molecule has 1 aliphatic rings. The summed E-state index contributed by atoms with van der Waals surface area (Å²) in [6.07, 6.45) is 1.06. The molecule has 3 heteroatoms. The highest BCUT2D eigenvalue weighted by Gasteiger charge is 2.21. The molecule has 1 aromatic rings. The predicted molar refractivity (Wildman–Crippen MR) is 54.8 cm³/mol. The van der Waals surface area contributed by atoms with E-state index in [4.69, 9.17) is 9.47 Å². The summed E-state index contributed by atoms with van der Waals surface area (Å²) in [5.74, 6) is 1.79. The largest absolute Gasteiger partial charge is 0.497 e. The average molecular weight is 193 g/mol. The van der Waals surface area contributed by atoms with E-state index in [1.54, 1.807) is 7.11 Å². The van der Waals surface area contributed by atoms with Crippen LogP contribution in [0.15, 0.2) is 18.2 Å². The molecule has 14 heavy (non-hydrogen) atoms. The van der Waals surface area contributed by atoms with Crippen molar-refractivity contribution in [3.63, 3.8) is 0 Å². The number of benzene rings is 1. The van der Waals surface area contributed by atoms with Gasteiger partial charge in [-0.25, -0.2) is 0 Å². The van der Waals surface area contributed by atoms with Gasteiger partial charge in [0.1, 0.15) is 11.5 Å². The average Bonchev–Trinajstić information content (AvgIpc) is 2.59. The van der Waals surface area contributed by atoms with Crippen molar-refractivity contribution in [2.75, 3.05) is 13.7 Å². The van der Waals surface area contributed by atoms with Gasteiger partial charge in [-0.2, -0.15) is 0 Å². The van der Waals surface area contributed by atoms with E-state index in [0.717, 1.165) is 24.5 Å². The maximum Gasteiger partial charge on any atom is 0.154 e. The van der Waals surface area contributed by atoms with Gasteiger partial charge in [-0.05, 0) is 18.2 Å². The minimum Gasteiger partial charge on any atom is -0.497 e. The molecular weight excluding hydrogens is 178 g/mol. The SMILES string of the molecule is CCNC1Cc2ccc(OC)cc2O1. The molecule has 76 valence electrons. The first kappa shape index (κ1) is 9.34. The van der Waals surface area contributed by atoms with E-state index < -0.39 is 0 Å². The lowest BCUT2D eigenvalue weighted by Gasteiger charge is -2.10. The van der Waals surface area contributed by atoms with Gasteiger partial charge in [0, 0.05) is 12.5 Å². The lowest BCUT2D eigenvalue weighted by atomic mass is 10.1. The van der Waals surface area contributed by atoms with Crippen molar-refractivity contribution in [3.05, 3.63) is 23.8 Å². The Morgan fingerprint density at radius 2 is 2.43 bits per heavy atom. The Balaban J connectivity index is 2.14. The summed E-state index contributed by atoms with van der Waals surface area (Å²) in [5.41, 5.74) is 1.25. The van der Waals surface area contributed by atoms with E-state index in [1.807, 2.05) is 12.1 Å². The lowest BCUT2D eigenvalue weighted by molar-refractivity contribution is 0.194. The normalized spacial score (nSPS) is 18.9. The predicted octanol–water partition coefficient (Wildman–Crippen LogP) is 1.57. The highest BCUT2D eigenvalue weighted by molar-refractivity contribution is 5.43. The van der Waals surface area contributed by atoms with Gasteiger partial charge in [-0.3, -0.25) is 5.32 Å². The van der Waals surface area contributed by atoms with Crippen LogP contribution in [0, 0.1) is 0 Å². The number of ether oxygens (including phenoxy) is 2. The topological polar surface area (TPSA) is 30.5 Å². The van der Waals surface area contributed by atoms with Crippen LogP contribution in [0.25, 0.3) is 0 Å². The van der Waals surface area contributed by atoms with Gasteiger partial charge >= 0.3 is 0 Å². The van der Waals surface area contributed by atoms with Gasteiger partial charge in [-0.1, -0.05) is 13.0 Å². The van der Waals surface area contributed by atoms with Crippen molar-refractivity contribution < 1.29 is 9.47 Å². The zero-order valence-corrected chi connectivity index (χ0v) is 8.54. The summed E-state index contributed by atoms with van der Waals surface area (Å²) in [5, 5.41) is 3.27. The van der Waals surface area contributed by atoms with Crippen molar-refractivity contribution >= 4 is 0 Å². The Morgan fingerprint density at radius 3 is 3.14 bits per heavy atom. The minimum atomic E-state index is 0.127. The third-order valence-electron chi connectivity index (χ3n) is 2.38. The molecule has 0 amide bonds. The number of methoxy groups -OCH3 is 1. The molecule has 0 radical (unpaired) electrons. The fraction of sp³-hybridized carbons (Fsp3) is 0.455. The zero-order chi connectivity index (χ0) is 9.97. The Bertz CT molecular complexity index is 325. The molecule has 0 fully saturated rings. The summed E-state index contributed by atoms with van der Waals surface area (Å²) >= 11 is 0. The van der Waals surface area contributed by atoms with Crippen LogP contribution in [0.2, 0.25) is 0 Å². The summed E-state index contributed by atoms with van der Waals surface area (Å²) in [7, 11) is 1.67. The molecule has 0 spiro atoms. The molecule has 1 heterocycles. The van der Waals surface area contributed by atoms with Crippen LogP contribution in [0.4, 0.5) is 0 Å². The third kappa shape index (κ3) is 1.68. The number of hydrogen-bond acceptors (Lipinski definition) is 3. The molecule has 1 aromatic carbocycles. The third-order valence-corrected chi connectivity index (χ3v) is 2.38. The van der Waals surface area contributed by atoms with Gasteiger partial charge in [0.15, 0.2) is 6.23 Å². The van der Waals surface area contributed by atoms with Crippen molar-refractivity contribution in [2.24, 2.45) is 0 Å². The Labute approximate surface area is 84.0 Å². The smallest absolute Gasteiger partial charge is 0.154 e. The molecule has 0 aliphatic carbocycles. The second kappa shape index (κ2) is 3.88. The Hall–Kier alpha value is -1.22. The summed E-state index contributed by atoms with van der Waals surface area (Å²) in [6.45, 7) is 3.00. The van der Waals surface area contributed by atoms with Gasteiger partial charge in [0.05, 0.1) is 7.11 Å². The number of fused-ring (bicyclic) bond motifs is 1. The monoisotopic (exact) mass is 193 g/mol. The van der Waals surface area contributed by atoms with Crippen molar-refractivity contribution in [3.8, 4) is 11.5 Å². The Morgan fingerprint density at radius 1 is 1.57 bits per heavy atom. The lowest BCUT2D eigenvalue weighted by Crippen LogP contribution is -2.32. The number of likely N-dealkylation sites (N-methyl/N-ethyl adjacent to an activating group) is 1.